The molecule has 0 aromatic heterocycles. The molecule has 2 N–H and O–H groups in total. The molecule has 2 aromatic carbocycles. The molecule has 0 aliphatic carbocycles. The van der Waals surface area contributed by atoms with Crippen LogP contribution in [0.25, 0.3) is 11.1 Å². The topological polar surface area (TPSA) is 84.9 Å². The normalized spacial score (nSPS) is 25.4. The van der Waals surface area contributed by atoms with Gasteiger partial charge in [-0.3, -0.25) is 9.59 Å². The van der Waals surface area contributed by atoms with Crippen LogP contribution in [0, 0.1) is 11.8 Å². The van der Waals surface area contributed by atoms with Crippen molar-refractivity contribution in [1.29, 1.82) is 0 Å². The maximum Gasteiger partial charge on any atom is 0.310 e. The van der Waals surface area contributed by atoms with E-state index in [2.05, 4.69) is 5.32 Å². The monoisotopic (exact) mass is 365 g/mol. The van der Waals surface area contributed by atoms with Crippen LogP contribution in [0.15, 0.2) is 60.7 Å². The molecule has 2 aliphatic rings. The van der Waals surface area contributed by atoms with Gasteiger partial charge >= 0.3 is 5.97 Å². The Bertz CT molecular complexity index is 908. The second kappa shape index (κ2) is 6.89. The molecule has 4 atom stereocenters. The highest BCUT2D eigenvalue weighted by Crippen LogP contribution is 2.40. The summed E-state index contributed by atoms with van der Waals surface area (Å²) in [5, 5.41) is 12.3. The highest BCUT2D eigenvalue weighted by molar-refractivity contribution is 5.98. The lowest BCUT2D eigenvalue weighted by Gasteiger charge is -2.22. The lowest BCUT2D eigenvalue weighted by atomic mass is 9.82. The molecule has 0 radical (unpaired) electrons. The highest BCUT2D eigenvalue weighted by Gasteiger charge is 2.53. The zero-order valence-electron chi connectivity index (χ0n) is 14.7. The molecule has 27 heavy (non-hydrogen) atoms. The third kappa shape index (κ3) is 3.08. The molecule has 2 bridgehead atoms. The van der Waals surface area contributed by atoms with Crippen molar-refractivity contribution in [1.82, 2.24) is 0 Å². The summed E-state index contributed by atoms with van der Waals surface area (Å²) in [7, 11) is 1.52. The largest absolute Gasteiger partial charge is 0.495 e. The van der Waals surface area contributed by atoms with Crippen LogP contribution in [0.4, 0.5) is 5.69 Å². The van der Waals surface area contributed by atoms with Gasteiger partial charge in [-0.25, -0.2) is 0 Å². The zero-order chi connectivity index (χ0) is 19.0. The molecule has 1 saturated heterocycles. The minimum absolute atomic E-state index is 0.386. The van der Waals surface area contributed by atoms with Crippen molar-refractivity contribution in [2.24, 2.45) is 11.8 Å². The van der Waals surface area contributed by atoms with Crippen molar-refractivity contribution in [2.45, 2.75) is 12.2 Å². The minimum Gasteiger partial charge on any atom is -0.495 e. The fourth-order valence-electron chi connectivity index (χ4n) is 3.75. The Morgan fingerprint density at radius 3 is 2.37 bits per heavy atom. The first kappa shape index (κ1) is 17.3. The average molecular weight is 365 g/mol. The number of carboxylic acids is 1. The van der Waals surface area contributed by atoms with Crippen LogP contribution in [0.5, 0.6) is 5.75 Å². The highest BCUT2D eigenvalue weighted by atomic mass is 16.5. The van der Waals surface area contributed by atoms with E-state index in [1.807, 2.05) is 42.5 Å². The second-order valence-electron chi connectivity index (χ2n) is 6.61. The summed E-state index contributed by atoms with van der Waals surface area (Å²) in [4.78, 5) is 24.5. The number of carbonyl (C=O) groups excluding carboxylic acids is 1. The Hall–Kier alpha value is -3.12. The van der Waals surface area contributed by atoms with Gasteiger partial charge in [-0.05, 0) is 23.3 Å². The van der Waals surface area contributed by atoms with E-state index < -0.39 is 30.0 Å². The number of rotatable bonds is 5. The SMILES string of the molecule is COc1ccc(-c2ccccc2)cc1NC(=O)[C@@H]1[C@H](C(=O)O)[C@H]2C=C[C@H]1O2. The van der Waals surface area contributed by atoms with Gasteiger partial charge in [0, 0.05) is 0 Å². The molecule has 1 fully saturated rings. The number of anilines is 1. The van der Waals surface area contributed by atoms with Crippen LogP contribution in [-0.2, 0) is 14.3 Å². The summed E-state index contributed by atoms with van der Waals surface area (Å²) >= 11 is 0. The number of carbonyl (C=O) groups is 2. The summed E-state index contributed by atoms with van der Waals surface area (Å²) < 4.78 is 10.9. The van der Waals surface area contributed by atoms with Gasteiger partial charge in [0.15, 0.2) is 0 Å². The van der Waals surface area contributed by atoms with E-state index in [0.29, 0.717) is 11.4 Å². The number of methoxy groups -OCH3 is 1. The van der Waals surface area contributed by atoms with Crippen molar-refractivity contribution in [3.8, 4) is 16.9 Å². The summed E-state index contributed by atoms with van der Waals surface area (Å²) in [6, 6.07) is 15.3. The van der Waals surface area contributed by atoms with Gasteiger partial charge < -0.3 is 19.9 Å². The van der Waals surface area contributed by atoms with Crippen LogP contribution in [0.2, 0.25) is 0 Å². The molecular formula is C21H19NO5. The van der Waals surface area contributed by atoms with Gasteiger partial charge in [-0.1, -0.05) is 48.6 Å². The fourth-order valence-corrected chi connectivity index (χ4v) is 3.75. The van der Waals surface area contributed by atoms with Gasteiger partial charge in [0.1, 0.15) is 11.7 Å². The molecule has 2 aliphatic heterocycles. The number of carboxylic acid groups (broad SMARTS) is 1. The predicted molar refractivity (Wildman–Crippen MR) is 99.5 cm³/mol. The van der Waals surface area contributed by atoms with Crippen molar-refractivity contribution in [3.05, 3.63) is 60.7 Å². The molecule has 0 saturated carbocycles. The maximum absolute atomic E-state index is 12.9. The number of hydrogen-bond acceptors (Lipinski definition) is 4. The molecule has 0 spiro atoms. The van der Waals surface area contributed by atoms with Crippen LogP contribution < -0.4 is 10.1 Å². The number of hydrogen-bond donors (Lipinski definition) is 2. The van der Waals surface area contributed by atoms with Gasteiger partial charge in [0.05, 0.1) is 30.9 Å². The Balaban J connectivity index is 1.63. The quantitative estimate of drug-likeness (QED) is 0.796. The number of benzene rings is 2. The van der Waals surface area contributed by atoms with Gasteiger partial charge in [-0.2, -0.15) is 0 Å². The zero-order valence-corrected chi connectivity index (χ0v) is 14.7. The summed E-state index contributed by atoms with van der Waals surface area (Å²) in [6.07, 6.45) is 2.40. The van der Waals surface area contributed by atoms with Crippen LogP contribution in [0.1, 0.15) is 0 Å². The second-order valence-corrected chi connectivity index (χ2v) is 6.61. The third-order valence-corrected chi connectivity index (χ3v) is 5.05. The summed E-state index contributed by atoms with van der Waals surface area (Å²) in [5.74, 6) is -2.57. The summed E-state index contributed by atoms with van der Waals surface area (Å²) in [5.41, 5.74) is 2.43. The first-order chi connectivity index (χ1) is 13.1. The maximum atomic E-state index is 12.9. The number of nitrogens with one attached hydrogen (secondary N) is 1. The molecule has 0 unspecified atom stereocenters. The van der Waals surface area contributed by atoms with Crippen molar-refractivity contribution in [3.63, 3.8) is 0 Å². The smallest absolute Gasteiger partial charge is 0.310 e. The Morgan fingerprint density at radius 2 is 1.70 bits per heavy atom. The Morgan fingerprint density at radius 1 is 1.00 bits per heavy atom. The lowest BCUT2D eigenvalue weighted by Crippen LogP contribution is -2.39. The van der Waals surface area contributed by atoms with Crippen molar-refractivity contribution in [2.75, 3.05) is 12.4 Å². The van der Waals surface area contributed by atoms with Gasteiger partial charge in [0.2, 0.25) is 5.91 Å². The van der Waals surface area contributed by atoms with Crippen LogP contribution in [-0.4, -0.2) is 36.3 Å². The predicted octanol–water partition coefficient (Wildman–Crippen LogP) is 2.95. The molecule has 2 heterocycles. The van der Waals surface area contributed by atoms with E-state index in [1.54, 1.807) is 18.2 Å². The van der Waals surface area contributed by atoms with Crippen molar-refractivity contribution >= 4 is 17.6 Å². The summed E-state index contributed by atoms with van der Waals surface area (Å²) in [6.45, 7) is 0. The third-order valence-electron chi connectivity index (χ3n) is 5.05. The van der Waals surface area contributed by atoms with Gasteiger partial charge in [-0.15, -0.1) is 0 Å². The molecule has 6 nitrogen and oxygen atoms in total. The number of aliphatic carboxylic acids is 1. The fraction of sp³-hybridized carbons (Fsp3) is 0.238. The van der Waals surface area contributed by atoms with Crippen LogP contribution >= 0.6 is 0 Å². The number of fused-ring (bicyclic) bond motifs is 2. The molecule has 138 valence electrons. The van der Waals surface area contributed by atoms with Gasteiger partial charge in [0.25, 0.3) is 0 Å². The standard InChI is InChI=1S/C21H19NO5/c1-26-15-8-7-13(12-5-3-2-4-6-12)11-14(15)22-20(23)18-16-9-10-17(27-16)19(18)21(24)25/h2-11,16-19H,1H3,(H,22,23)(H,24,25)/t16-,17-,18+,19-/m1/s1. The molecule has 6 heteroatoms. The van der Waals surface area contributed by atoms with E-state index in [1.165, 1.54) is 7.11 Å². The van der Waals surface area contributed by atoms with Crippen molar-refractivity contribution < 1.29 is 24.2 Å². The molecule has 1 amide bonds. The lowest BCUT2D eigenvalue weighted by molar-refractivity contribution is -0.145. The number of ether oxygens (including phenoxy) is 2. The average Bonchev–Trinajstić information content (AvgIpc) is 3.30. The van der Waals surface area contributed by atoms with E-state index in [9.17, 15) is 14.7 Å². The number of amides is 1. The van der Waals surface area contributed by atoms with E-state index in [4.69, 9.17) is 9.47 Å². The Labute approximate surface area is 156 Å². The van der Waals surface area contributed by atoms with E-state index in [-0.39, 0.29) is 5.91 Å². The first-order valence-electron chi connectivity index (χ1n) is 8.69. The molecule has 4 rings (SSSR count). The van der Waals surface area contributed by atoms with Crippen LogP contribution in [0.3, 0.4) is 0 Å². The first-order valence-corrected chi connectivity index (χ1v) is 8.69. The molecular weight excluding hydrogens is 346 g/mol. The molecule has 2 aromatic rings. The minimum atomic E-state index is -1.03. The van der Waals surface area contributed by atoms with E-state index in [0.717, 1.165) is 11.1 Å². The Kier molecular flexibility index (Phi) is 4.41. The van der Waals surface area contributed by atoms with E-state index >= 15 is 0 Å².